The summed E-state index contributed by atoms with van der Waals surface area (Å²) in [4.78, 5) is 25.2. The van der Waals surface area contributed by atoms with Gasteiger partial charge in [0.2, 0.25) is 0 Å². The van der Waals surface area contributed by atoms with Crippen LogP contribution in [0.15, 0.2) is 24.3 Å². The maximum Gasteiger partial charge on any atom is 0.307 e. The number of nitrogens with zero attached hydrogens (tertiary/aromatic N) is 1. The Bertz CT molecular complexity index is 443. The van der Waals surface area contributed by atoms with Gasteiger partial charge in [-0.3, -0.25) is 9.59 Å². The van der Waals surface area contributed by atoms with Crippen LogP contribution in [0.25, 0.3) is 0 Å². The minimum Gasteiger partial charge on any atom is -0.466 e. The molecule has 0 atom stereocenters. The maximum absolute atomic E-state index is 12.3. The van der Waals surface area contributed by atoms with E-state index >= 15 is 0 Å². The van der Waals surface area contributed by atoms with E-state index in [9.17, 15) is 9.59 Å². The van der Waals surface area contributed by atoms with Crippen LogP contribution >= 0.6 is 0 Å². The molecule has 19 heavy (non-hydrogen) atoms. The standard InChI is InChI=1S/C15H21NO3/c1-4-16(10-9-14(17)19-5-2)15(18)13-8-6-7-12(3)11-13/h6-8,11H,4-5,9-10H2,1-3H3. The van der Waals surface area contributed by atoms with E-state index in [2.05, 4.69) is 0 Å². The Balaban J connectivity index is 2.64. The van der Waals surface area contributed by atoms with Crippen LogP contribution < -0.4 is 0 Å². The van der Waals surface area contributed by atoms with Gasteiger partial charge in [-0.05, 0) is 32.9 Å². The second kappa shape index (κ2) is 7.56. The minimum atomic E-state index is -0.266. The molecule has 0 bridgehead atoms. The molecule has 104 valence electrons. The number of carbonyl (C=O) groups excluding carboxylic acids is 2. The Hall–Kier alpha value is -1.84. The highest BCUT2D eigenvalue weighted by Crippen LogP contribution is 2.08. The average molecular weight is 263 g/mol. The summed E-state index contributed by atoms with van der Waals surface area (Å²) in [5, 5.41) is 0. The molecular weight excluding hydrogens is 242 g/mol. The van der Waals surface area contributed by atoms with E-state index < -0.39 is 0 Å². The summed E-state index contributed by atoms with van der Waals surface area (Å²) in [5.74, 6) is -0.312. The molecule has 0 N–H and O–H groups in total. The fourth-order valence-electron chi connectivity index (χ4n) is 1.82. The van der Waals surface area contributed by atoms with Gasteiger partial charge in [-0.25, -0.2) is 0 Å². The molecule has 0 aromatic heterocycles. The van der Waals surface area contributed by atoms with Crippen molar-refractivity contribution in [2.75, 3.05) is 19.7 Å². The zero-order chi connectivity index (χ0) is 14.3. The van der Waals surface area contributed by atoms with Crippen LogP contribution in [-0.2, 0) is 9.53 Å². The van der Waals surface area contributed by atoms with Gasteiger partial charge in [0.05, 0.1) is 13.0 Å². The number of rotatable bonds is 6. The van der Waals surface area contributed by atoms with Crippen molar-refractivity contribution in [1.82, 2.24) is 4.90 Å². The first-order valence-corrected chi connectivity index (χ1v) is 6.60. The molecular formula is C15H21NO3. The lowest BCUT2D eigenvalue weighted by molar-refractivity contribution is -0.143. The van der Waals surface area contributed by atoms with E-state index in [1.165, 1.54) is 0 Å². The zero-order valence-electron chi connectivity index (χ0n) is 11.8. The van der Waals surface area contributed by atoms with Crippen LogP contribution in [0.4, 0.5) is 0 Å². The van der Waals surface area contributed by atoms with E-state index in [0.29, 0.717) is 25.3 Å². The Labute approximate surface area is 114 Å². The Kier molecular flexibility index (Phi) is 6.06. The van der Waals surface area contributed by atoms with E-state index in [1.807, 2.05) is 32.0 Å². The van der Waals surface area contributed by atoms with Gasteiger partial charge in [-0.1, -0.05) is 17.7 Å². The van der Waals surface area contributed by atoms with Crippen molar-refractivity contribution >= 4 is 11.9 Å². The van der Waals surface area contributed by atoms with Crippen LogP contribution in [-0.4, -0.2) is 36.5 Å². The first kappa shape index (κ1) is 15.2. The molecule has 1 amide bonds. The number of aryl methyl sites for hydroxylation is 1. The van der Waals surface area contributed by atoms with Crippen molar-refractivity contribution in [1.29, 1.82) is 0 Å². The van der Waals surface area contributed by atoms with Crippen LogP contribution in [0.5, 0.6) is 0 Å². The number of amides is 1. The number of ether oxygens (including phenoxy) is 1. The molecule has 0 spiro atoms. The third-order valence-electron chi connectivity index (χ3n) is 2.83. The van der Waals surface area contributed by atoms with Crippen LogP contribution in [0.2, 0.25) is 0 Å². The molecule has 0 radical (unpaired) electrons. The highest BCUT2D eigenvalue weighted by atomic mass is 16.5. The SMILES string of the molecule is CCOC(=O)CCN(CC)C(=O)c1cccc(C)c1. The van der Waals surface area contributed by atoms with Gasteiger partial charge in [-0.15, -0.1) is 0 Å². The first-order valence-electron chi connectivity index (χ1n) is 6.60. The number of benzene rings is 1. The highest BCUT2D eigenvalue weighted by Gasteiger charge is 2.15. The predicted octanol–water partition coefficient (Wildman–Crippen LogP) is 2.41. The van der Waals surface area contributed by atoms with E-state index in [-0.39, 0.29) is 18.3 Å². The zero-order valence-corrected chi connectivity index (χ0v) is 11.8. The van der Waals surface area contributed by atoms with Crippen LogP contribution in [0.3, 0.4) is 0 Å². The van der Waals surface area contributed by atoms with Crippen LogP contribution in [0.1, 0.15) is 36.2 Å². The summed E-state index contributed by atoms with van der Waals surface area (Å²) in [7, 11) is 0. The lowest BCUT2D eigenvalue weighted by atomic mass is 10.1. The number of carbonyl (C=O) groups is 2. The second-order valence-electron chi connectivity index (χ2n) is 4.31. The molecule has 1 aromatic carbocycles. The summed E-state index contributed by atoms with van der Waals surface area (Å²) in [5.41, 5.74) is 1.71. The van der Waals surface area contributed by atoms with Gasteiger partial charge in [0.15, 0.2) is 0 Å². The van der Waals surface area contributed by atoms with Crippen molar-refractivity contribution in [2.45, 2.75) is 27.2 Å². The molecule has 0 saturated carbocycles. The molecule has 0 aliphatic carbocycles. The number of hydrogen-bond acceptors (Lipinski definition) is 3. The first-order chi connectivity index (χ1) is 9.08. The van der Waals surface area contributed by atoms with Gasteiger partial charge in [-0.2, -0.15) is 0 Å². The number of hydrogen-bond donors (Lipinski definition) is 0. The topological polar surface area (TPSA) is 46.6 Å². The van der Waals surface area contributed by atoms with E-state index in [4.69, 9.17) is 4.74 Å². The molecule has 1 aromatic rings. The predicted molar refractivity (Wildman–Crippen MR) is 74.0 cm³/mol. The van der Waals surface area contributed by atoms with Gasteiger partial charge in [0.1, 0.15) is 0 Å². The molecule has 4 nitrogen and oxygen atoms in total. The molecule has 0 aliphatic heterocycles. The van der Waals surface area contributed by atoms with Crippen molar-refractivity contribution in [3.63, 3.8) is 0 Å². The molecule has 0 heterocycles. The fourth-order valence-corrected chi connectivity index (χ4v) is 1.82. The largest absolute Gasteiger partial charge is 0.466 e. The van der Waals surface area contributed by atoms with Gasteiger partial charge < -0.3 is 9.64 Å². The minimum absolute atomic E-state index is 0.0458. The van der Waals surface area contributed by atoms with Crippen molar-refractivity contribution in [3.05, 3.63) is 35.4 Å². The second-order valence-corrected chi connectivity index (χ2v) is 4.31. The third-order valence-corrected chi connectivity index (χ3v) is 2.83. The molecule has 0 fully saturated rings. The summed E-state index contributed by atoms with van der Waals surface area (Å²) in [6.45, 7) is 6.96. The quantitative estimate of drug-likeness (QED) is 0.740. The molecule has 0 unspecified atom stereocenters. The van der Waals surface area contributed by atoms with Gasteiger partial charge in [0.25, 0.3) is 5.91 Å². The average Bonchev–Trinajstić information content (AvgIpc) is 2.39. The molecule has 1 rings (SSSR count). The van der Waals surface area contributed by atoms with E-state index in [0.717, 1.165) is 5.56 Å². The van der Waals surface area contributed by atoms with Gasteiger partial charge in [0, 0.05) is 18.7 Å². The summed E-state index contributed by atoms with van der Waals surface area (Å²) in [6, 6.07) is 7.46. The van der Waals surface area contributed by atoms with Gasteiger partial charge >= 0.3 is 5.97 Å². The van der Waals surface area contributed by atoms with Crippen LogP contribution in [0, 0.1) is 6.92 Å². The monoisotopic (exact) mass is 263 g/mol. The highest BCUT2D eigenvalue weighted by molar-refractivity contribution is 5.94. The number of esters is 1. The Morgan fingerprint density at radius 1 is 1.26 bits per heavy atom. The lowest BCUT2D eigenvalue weighted by Crippen LogP contribution is -2.33. The van der Waals surface area contributed by atoms with Crippen molar-refractivity contribution in [2.24, 2.45) is 0 Å². The molecule has 4 heteroatoms. The Morgan fingerprint density at radius 3 is 2.58 bits per heavy atom. The fraction of sp³-hybridized carbons (Fsp3) is 0.467. The normalized spacial score (nSPS) is 10.1. The summed E-state index contributed by atoms with van der Waals surface area (Å²) in [6.07, 6.45) is 0.235. The summed E-state index contributed by atoms with van der Waals surface area (Å²) < 4.78 is 4.86. The Morgan fingerprint density at radius 2 is 2.00 bits per heavy atom. The third kappa shape index (κ3) is 4.73. The molecule has 0 saturated heterocycles. The maximum atomic E-state index is 12.3. The van der Waals surface area contributed by atoms with Crippen molar-refractivity contribution in [3.8, 4) is 0 Å². The van der Waals surface area contributed by atoms with E-state index in [1.54, 1.807) is 17.9 Å². The lowest BCUT2D eigenvalue weighted by Gasteiger charge is -2.20. The summed E-state index contributed by atoms with van der Waals surface area (Å²) >= 11 is 0. The van der Waals surface area contributed by atoms with Crippen molar-refractivity contribution < 1.29 is 14.3 Å². The molecule has 0 aliphatic rings. The smallest absolute Gasteiger partial charge is 0.307 e.